The van der Waals surface area contributed by atoms with Crippen LogP contribution in [0.3, 0.4) is 0 Å². The Morgan fingerprint density at radius 1 is 1.00 bits per heavy atom. The summed E-state index contributed by atoms with van der Waals surface area (Å²) in [5.41, 5.74) is 0.361. The normalized spacial score (nSPS) is 32.4. The number of carbonyl (C=O) groups is 1. The molecule has 0 amide bonds. The van der Waals surface area contributed by atoms with Crippen LogP contribution in [0, 0.1) is 40.4 Å². The van der Waals surface area contributed by atoms with Gasteiger partial charge in [-0.1, -0.05) is 72.1 Å². The minimum Gasteiger partial charge on any atom is -0.367 e. The molecule has 4 bridgehead atoms. The second-order valence-electron chi connectivity index (χ2n) is 10.7. The maximum atomic E-state index is 12.8. The lowest BCUT2D eigenvalue weighted by Gasteiger charge is -2.41. The number of fused-ring (bicyclic) bond motifs is 1. The number of nitriles is 1. The van der Waals surface area contributed by atoms with E-state index in [0.717, 1.165) is 25.7 Å². The maximum absolute atomic E-state index is 12.8. The first-order chi connectivity index (χ1) is 14.0. The second kappa shape index (κ2) is 10.4. The quantitative estimate of drug-likeness (QED) is 0.299. The van der Waals surface area contributed by atoms with Gasteiger partial charge in [-0.25, -0.2) is 0 Å². The summed E-state index contributed by atoms with van der Waals surface area (Å²) in [5.74, 6) is 2.34. The van der Waals surface area contributed by atoms with Crippen molar-refractivity contribution < 1.29 is 9.53 Å². The molecule has 2 aliphatic heterocycles. The molecule has 6 unspecified atom stereocenters. The van der Waals surface area contributed by atoms with Gasteiger partial charge in [0, 0.05) is 12.3 Å². The average molecular weight is 402 g/mol. The Morgan fingerprint density at radius 3 is 2.24 bits per heavy atom. The van der Waals surface area contributed by atoms with Gasteiger partial charge in [-0.05, 0) is 55.3 Å². The zero-order valence-corrected chi connectivity index (χ0v) is 19.1. The first kappa shape index (κ1) is 22.8. The fourth-order valence-corrected chi connectivity index (χ4v) is 6.65. The predicted octanol–water partition coefficient (Wildman–Crippen LogP) is 6.85. The monoisotopic (exact) mass is 401 g/mol. The summed E-state index contributed by atoms with van der Waals surface area (Å²) >= 11 is 0. The highest BCUT2D eigenvalue weighted by Gasteiger charge is 2.65. The minimum absolute atomic E-state index is 0.128. The van der Waals surface area contributed by atoms with Crippen LogP contribution in [-0.4, -0.2) is 18.0 Å². The molecule has 2 saturated heterocycles. The largest absolute Gasteiger partial charge is 0.367 e. The number of nitrogens with zero attached hydrogens (tertiary/aromatic N) is 1. The van der Waals surface area contributed by atoms with Gasteiger partial charge >= 0.3 is 0 Å². The molecule has 0 aromatic heterocycles. The number of ether oxygens (including phenoxy) is 1. The maximum Gasteiger partial charge on any atom is 0.161 e. The molecular formula is C26H43NO2. The van der Waals surface area contributed by atoms with Gasteiger partial charge in [0.2, 0.25) is 0 Å². The van der Waals surface area contributed by atoms with Crippen molar-refractivity contribution in [3.05, 3.63) is 0 Å². The van der Waals surface area contributed by atoms with E-state index >= 15 is 0 Å². The minimum atomic E-state index is -0.128. The van der Waals surface area contributed by atoms with Crippen molar-refractivity contribution in [3.8, 4) is 6.07 Å². The lowest BCUT2D eigenvalue weighted by atomic mass is 9.76. The highest BCUT2D eigenvalue weighted by molar-refractivity contribution is 5.83. The van der Waals surface area contributed by atoms with Crippen LogP contribution < -0.4 is 0 Å². The fraction of sp³-hybridized carbons (Fsp3) is 0.923. The summed E-state index contributed by atoms with van der Waals surface area (Å²) in [6.07, 6.45) is 16.2. The molecule has 0 aromatic rings. The Kier molecular flexibility index (Phi) is 8.20. The summed E-state index contributed by atoms with van der Waals surface area (Å²) in [5, 5.41) is 9.43. The van der Waals surface area contributed by atoms with E-state index in [0.29, 0.717) is 41.5 Å². The molecule has 164 valence electrons. The molecule has 0 N–H and O–H groups in total. The number of hydrogen-bond donors (Lipinski definition) is 0. The third-order valence-corrected chi connectivity index (χ3v) is 8.48. The topological polar surface area (TPSA) is 50.1 Å². The highest BCUT2D eigenvalue weighted by Crippen LogP contribution is 2.65. The van der Waals surface area contributed by atoms with Crippen molar-refractivity contribution in [2.75, 3.05) is 0 Å². The van der Waals surface area contributed by atoms with Gasteiger partial charge in [0.1, 0.15) is 6.10 Å². The molecule has 0 spiro atoms. The van der Waals surface area contributed by atoms with Crippen molar-refractivity contribution in [3.63, 3.8) is 0 Å². The van der Waals surface area contributed by atoms with Crippen molar-refractivity contribution in [1.82, 2.24) is 0 Å². The smallest absolute Gasteiger partial charge is 0.161 e. The molecular weight excluding hydrogens is 358 g/mol. The van der Waals surface area contributed by atoms with Gasteiger partial charge in [-0.2, -0.15) is 5.26 Å². The van der Waals surface area contributed by atoms with Crippen LogP contribution in [-0.2, 0) is 9.53 Å². The van der Waals surface area contributed by atoms with Crippen LogP contribution in [0.2, 0.25) is 0 Å². The Bertz CT molecular complexity index is 578. The molecule has 3 nitrogen and oxygen atoms in total. The van der Waals surface area contributed by atoms with E-state index < -0.39 is 0 Å². The van der Waals surface area contributed by atoms with E-state index in [2.05, 4.69) is 26.8 Å². The SMILES string of the molecule is CCCCCCCCCC(C#N)CCCCC(=O)C1OC2CC3C1CC2C3(C)C. The number of carbonyl (C=O) groups excluding carboxylic acids is 1. The average Bonchev–Trinajstić information content (AvgIpc) is 3.10. The third-order valence-electron chi connectivity index (χ3n) is 8.48. The van der Waals surface area contributed by atoms with Crippen LogP contribution in [0.25, 0.3) is 0 Å². The van der Waals surface area contributed by atoms with E-state index in [-0.39, 0.29) is 12.0 Å². The molecule has 0 radical (unpaired) electrons. The molecule has 2 heterocycles. The summed E-state index contributed by atoms with van der Waals surface area (Å²) in [6, 6.07) is 2.50. The summed E-state index contributed by atoms with van der Waals surface area (Å²) < 4.78 is 6.23. The van der Waals surface area contributed by atoms with Crippen LogP contribution in [0.1, 0.15) is 111 Å². The predicted molar refractivity (Wildman–Crippen MR) is 117 cm³/mol. The number of Topliss-reactive ketones (excluding diaryl/α,β-unsaturated/α-hetero) is 1. The number of rotatable bonds is 14. The second-order valence-corrected chi connectivity index (χ2v) is 10.7. The summed E-state index contributed by atoms with van der Waals surface area (Å²) in [6.45, 7) is 7.01. The number of hydrogen-bond acceptors (Lipinski definition) is 3. The Hall–Kier alpha value is -0.880. The first-order valence-electron chi connectivity index (χ1n) is 12.6. The zero-order chi connectivity index (χ0) is 20.9. The Morgan fingerprint density at radius 2 is 1.66 bits per heavy atom. The molecule has 4 rings (SSSR count). The summed E-state index contributed by atoms with van der Waals surface area (Å²) in [7, 11) is 0. The number of unbranched alkanes of at least 4 members (excludes halogenated alkanes) is 7. The van der Waals surface area contributed by atoms with E-state index in [4.69, 9.17) is 4.74 Å². The molecule has 4 fully saturated rings. The van der Waals surface area contributed by atoms with Gasteiger partial charge in [-0.15, -0.1) is 0 Å². The third kappa shape index (κ3) is 5.25. The van der Waals surface area contributed by atoms with Crippen LogP contribution in [0.4, 0.5) is 0 Å². The molecule has 29 heavy (non-hydrogen) atoms. The van der Waals surface area contributed by atoms with E-state index in [9.17, 15) is 10.1 Å². The lowest BCUT2D eigenvalue weighted by Crippen LogP contribution is -2.46. The number of ketones is 1. The molecule has 4 aliphatic rings. The van der Waals surface area contributed by atoms with Gasteiger partial charge in [0.25, 0.3) is 0 Å². The molecule has 2 saturated carbocycles. The fourth-order valence-electron chi connectivity index (χ4n) is 6.65. The van der Waals surface area contributed by atoms with Gasteiger partial charge in [0.05, 0.1) is 12.2 Å². The molecule has 6 atom stereocenters. The van der Waals surface area contributed by atoms with Crippen LogP contribution >= 0.6 is 0 Å². The standard InChI is InChI=1S/C26H43NO2/c1-4-5-6-7-8-9-10-13-19(18-27)14-11-12-15-23(28)25-20-16-22-24(29-25)17-21(20)26(22,2)3/h19-22,24-25H,4-17H2,1-3H3. The Balaban J connectivity index is 1.27. The first-order valence-corrected chi connectivity index (χ1v) is 12.6. The van der Waals surface area contributed by atoms with Crippen LogP contribution in [0.15, 0.2) is 0 Å². The van der Waals surface area contributed by atoms with E-state index in [1.165, 1.54) is 57.8 Å². The van der Waals surface area contributed by atoms with Crippen molar-refractivity contribution in [2.45, 2.75) is 123 Å². The highest BCUT2D eigenvalue weighted by atomic mass is 16.5. The molecule has 2 aliphatic carbocycles. The van der Waals surface area contributed by atoms with Crippen molar-refractivity contribution in [1.29, 1.82) is 5.26 Å². The van der Waals surface area contributed by atoms with Crippen molar-refractivity contribution in [2.24, 2.45) is 29.1 Å². The Labute approximate surface area is 179 Å². The van der Waals surface area contributed by atoms with Crippen molar-refractivity contribution >= 4 is 5.78 Å². The van der Waals surface area contributed by atoms with E-state index in [1.54, 1.807) is 0 Å². The molecule has 0 aromatic carbocycles. The van der Waals surface area contributed by atoms with Gasteiger partial charge in [0.15, 0.2) is 5.78 Å². The molecule has 3 heteroatoms. The summed E-state index contributed by atoms with van der Waals surface area (Å²) in [4.78, 5) is 12.8. The van der Waals surface area contributed by atoms with Gasteiger partial charge in [-0.3, -0.25) is 4.79 Å². The van der Waals surface area contributed by atoms with Crippen LogP contribution in [0.5, 0.6) is 0 Å². The lowest BCUT2D eigenvalue weighted by molar-refractivity contribution is -0.161. The zero-order valence-electron chi connectivity index (χ0n) is 19.1. The van der Waals surface area contributed by atoms with E-state index in [1.807, 2.05) is 0 Å². The van der Waals surface area contributed by atoms with Gasteiger partial charge < -0.3 is 4.74 Å².